The lowest BCUT2D eigenvalue weighted by Gasteiger charge is -2.15. The standard InChI is InChI=1S/C13H20N2O2S/c1-17-8-9-5-6-15(7-9)13-14-12-10(16)3-2-4-11(12)18-13/h9-10,16H,2-8H2,1H3. The van der Waals surface area contributed by atoms with Gasteiger partial charge in [0.15, 0.2) is 5.13 Å². The predicted molar refractivity (Wildman–Crippen MR) is 72.2 cm³/mol. The molecule has 2 aliphatic rings. The maximum absolute atomic E-state index is 9.96. The van der Waals surface area contributed by atoms with Crippen molar-refractivity contribution in [2.24, 2.45) is 5.92 Å². The van der Waals surface area contributed by atoms with Crippen molar-refractivity contribution in [3.05, 3.63) is 10.6 Å². The Labute approximate surface area is 112 Å². The molecule has 3 rings (SSSR count). The van der Waals surface area contributed by atoms with E-state index in [1.807, 2.05) is 0 Å². The van der Waals surface area contributed by atoms with Gasteiger partial charge in [0, 0.05) is 31.0 Å². The molecule has 1 fully saturated rings. The molecule has 2 atom stereocenters. The van der Waals surface area contributed by atoms with Crippen LogP contribution < -0.4 is 4.90 Å². The fourth-order valence-electron chi connectivity index (χ4n) is 2.90. The molecule has 1 aliphatic carbocycles. The van der Waals surface area contributed by atoms with Crippen LogP contribution in [0, 0.1) is 5.92 Å². The molecule has 1 aliphatic heterocycles. The number of ether oxygens (including phenoxy) is 1. The van der Waals surface area contributed by atoms with E-state index in [1.165, 1.54) is 11.3 Å². The van der Waals surface area contributed by atoms with E-state index in [4.69, 9.17) is 4.74 Å². The van der Waals surface area contributed by atoms with Crippen LogP contribution in [0.5, 0.6) is 0 Å². The van der Waals surface area contributed by atoms with Crippen LogP contribution in [0.15, 0.2) is 0 Å². The Kier molecular flexibility index (Phi) is 3.54. The lowest BCUT2D eigenvalue weighted by molar-refractivity contribution is 0.153. The van der Waals surface area contributed by atoms with Gasteiger partial charge in [-0.3, -0.25) is 0 Å². The lowest BCUT2D eigenvalue weighted by Crippen LogP contribution is -2.20. The number of methoxy groups -OCH3 is 1. The Morgan fingerprint density at radius 2 is 2.39 bits per heavy atom. The molecule has 5 heteroatoms. The number of thiazole rings is 1. The monoisotopic (exact) mass is 268 g/mol. The topological polar surface area (TPSA) is 45.6 Å². The molecule has 18 heavy (non-hydrogen) atoms. The SMILES string of the molecule is COCC1CCN(c2nc3c(s2)CCCC3O)C1. The number of aliphatic hydroxyl groups is 1. The number of fused-ring (bicyclic) bond motifs is 1. The highest BCUT2D eigenvalue weighted by atomic mass is 32.1. The van der Waals surface area contributed by atoms with Gasteiger partial charge in [-0.1, -0.05) is 0 Å². The minimum atomic E-state index is -0.337. The van der Waals surface area contributed by atoms with Crippen LogP contribution in [-0.4, -0.2) is 36.9 Å². The molecule has 0 radical (unpaired) electrons. The number of hydrogen-bond acceptors (Lipinski definition) is 5. The zero-order chi connectivity index (χ0) is 12.5. The van der Waals surface area contributed by atoms with Crippen molar-refractivity contribution in [1.82, 2.24) is 4.98 Å². The second-order valence-electron chi connectivity index (χ2n) is 5.27. The average Bonchev–Trinajstić information content (AvgIpc) is 2.96. The van der Waals surface area contributed by atoms with Crippen molar-refractivity contribution in [3.63, 3.8) is 0 Å². The van der Waals surface area contributed by atoms with Gasteiger partial charge in [-0.15, -0.1) is 11.3 Å². The number of aryl methyl sites for hydroxylation is 1. The Bertz CT molecular complexity index is 421. The Hall–Kier alpha value is -0.650. The molecule has 0 saturated carbocycles. The summed E-state index contributed by atoms with van der Waals surface area (Å²) >= 11 is 1.77. The van der Waals surface area contributed by atoms with Crippen molar-refractivity contribution in [2.75, 3.05) is 31.7 Å². The molecular formula is C13H20N2O2S. The van der Waals surface area contributed by atoms with Crippen molar-refractivity contribution in [3.8, 4) is 0 Å². The van der Waals surface area contributed by atoms with E-state index in [0.717, 1.165) is 49.8 Å². The Morgan fingerprint density at radius 3 is 3.17 bits per heavy atom. The van der Waals surface area contributed by atoms with E-state index < -0.39 is 0 Å². The highest BCUT2D eigenvalue weighted by Gasteiger charge is 2.28. The summed E-state index contributed by atoms with van der Waals surface area (Å²) in [6.45, 7) is 2.94. The van der Waals surface area contributed by atoms with Gasteiger partial charge < -0.3 is 14.7 Å². The molecule has 0 spiro atoms. The van der Waals surface area contributed by atoms with Crippen LogP contribution in [0.2, 0.25) is 0 Å². The van der Waals surface area contributed by atoms with Gasteiger partial charge in [0.05, 0.1) is 18.4 Å². The largest absolute Gasteiger partial charge is 0.387 e. The Morgan fingerprint density at radius 1 is 1.50 bits per heavy atom. The normalized spacial score (nSPS) is 27.6. The third-order valence-corrected chi connectivity index (χ3v) is 5.06. The van der Waals surface area contributed by atoms with Crippen molar-refractivity contribution in [2.45, 2.75) is 31.8 Å². The fourth-order valence-corrected chi connectivity index (χ4v) is 4.09. The van der Waals surface area contributed by atoms with E-state index in [0.29, 0.717) is 5.92 Å². The number of nitrogens with zero attached hydrogens (tertiary/aromatic N) is 2. The number of aromatic nitrogens is 1. The maximum Gasteiger partial charge on any atom is 0.185 e. The van der Waals surface area contributed by atoms with Gasteiger partial charge in [-0.2, -0.15) is 0 Å². The molecule has 1 N–H and O–H groups in total. The first-order valence-electron chi connectivity index (χ1n) is 6.69. The first-order valence-corrected chi connectivity index (χ1v) is 7.51. The summed E-state index contributed by atoms with van der Waals surface area (Å²) in [5, 5.41) is 11.1. The average molecular weight is 268 g/mol. The van der Waals surface area contributed by atoms with Crippen LogP contribution in [0.25, 0.3) is 0 Å². The summed E-state index contributed by atoms with van der Waals surface area (Å²) in [7, 11) is 1.76. The van der Waals surface area contributed by atoms with Crippen LogP contribution >= 0.6 is 11.3 Å². The zero-order valence-corrected chi connectivity index (χ0v) is 11.6. The smallest absolute Gasteiger partial charge is 0.185 e. The maximum atomic E-state index is 9.96. The molecule has 0 amide bonds. The summed E-state index contributed by atoms with van der Waals surface area (Å²) in [4.78, 5) is 8.30. The number of rotatable bonds is 3. The van der Waals surface area contributed by atoms with Crippen LogP contribution in [0.1, 0.15) is 35.9 Å². The van der Waals surface area contributed by atoms with Crippen molar-refractivity contribution >= 4 is 16.5 Å². The third-order valence-electron chi connectivity index (χ3n) is 3.87. The molecule has 0 aromatic carbocycles. The van der Waals surface area contributed by atoms with Crippen LogP contribution in [0.4, 0.5) is 5.13 Å². The summed E-state index contributed by atoms with van der Waals surface area (Å²) < 4.78 is 5.22. The van der Waals surface area contributed by atoms with Gasteiger partial charge in [-0.25, -0.2) is 4.98 Å². The number of anilines is 1. The molecule has 0 bridgehead atoms. The number of aliphatic hydroxyl groups excluding tert-OH is 1. The second-order valence-corrected chi connectivity index (χ2v) is 6.33. The summed E-state index contributed by atoms with van der Waals surface area (Å²) in [5.74, 6) is 0.626. The minimum Gasteiger partial charge on any atom is -0.387 e. The molecule has 2 unspecified atom stereocenters. The van der Waals surface area contributed by atoms with Gasteiger partial charge in [-0.05, 0) is 25.7 Å². The molecule has 100 valence electrons. The van der Waals surface area contributed by atoms with Crippen LogP contribution in [-0.2, 0) is 11.2 Å². The highest BCUT2D eigenvalue weighted by Crippen LogP contribution is 2.37. The van der Waals surface area contributed by atoms with E-state index in [1.54, 1.807) is 18.4 Å². The third kappa shape index (κ3) is 2.27. The molecule has 1 saturated heterocycles. The van der Waals surface area contributed by atoms with Crippen molar-refractivity contribution in [1.29, 1.82) is 0 Å². The van der Waals surface area contributed by atoms with Crippen molar-refractivity contribution < 1.29 is 9.84 Å². The molecule has 2 heterocycles. The summed E-state index contributed by atoms with van der Waals surface area (Å²) in [6.07, 6.45) is 3.88. The van der Waals surface area contributed by atoms with E-state index in [9.17, 15) is 5.11 Å². The molecule has 1 aromatic heterocycles. The van der Waals surface area contributed by atoms with Gasteiger partial charge in [0.1, 0.15) is 0 Å². The summed E-state index contributed by atoms with van der Waals surface area (Å²) in [5.41, 5.74) is 0.941. The minimum absolute atomic E-state index is 0.337. The first kappa shape index (κ1) is 12.4. The van der Waals surface area contributed by atoms with Gasteiger partial charge in [0.25, 0.3) is 0 Å². The van der Waals surface area contributed by atoms with E-state index in [-0.39, 0.29) is 6.10 Å². The van der Waals surface area contributed by atoms with E-state index in [2.05, 4.69) is 9.88 Å². The first-order chi connectivity index (χ1) is 8.78. The fraction of sp³-hybridized carbons (Fsp3) is 0.769. The molecular weight excluding hydrogens is 248 g/mol. The Balaban J connectivity index is 1.74. The van der Waals surface area contributed by atoms with Gasteiger partial charge in [0.2, 0.25) is 0 Å². The zero-order valence-electron chi connectivity index (χ0n) is 10.8. The number of hydrogen-bond donors (Lipinski definition) is 1. The van der Waals surface area contributed by atoms with E-state index >= 15 is 0 Å². The lowest BCUT2D eigenvalue weighted by atomic mass is 10.0. The summed E-state index contributed by atoms with van der Waals surface area (Å²) in [6, 6.07) is 0. The van der Waals surface area contributed by atoms with Gasteiger partial charge >= 0.3 is 0 Å². The quantitative estimate of drug-likeness (QED) is 0.910. The highest BCUT2D eigenvalue weighted by molar-refractivity contribution is 7.15. The second kappa shape index (κ2) is 5.15. The predicted octanol–water partition coefficient (Wildman–Crippen LogP) is 1.99. The molecule has 1 aromatic rings. The molecule has 4 nitrogen and oxygen atoms in total. The van der Waals surface area contributed by atoms with Crippen LogP contribution in [0.3, 0.4) is 0 Å².